The average molecular weight is 297 g/mol. The lowest BCUT2D eigenvalue weighted by Crippen LogP contribution is -2.51. The summed E-state index contributed by atoms with van der Waals surface area (Å²) < 4.78 is 65.3. The first-order valence-corrected chi connectivity index (χ1v) is 6.82. The van der Waals surface area contributed by atoms with Crippen LogP contribution in [0.1, 0.15) is 20.8 Å². The van der Waals surface area contributed by atoms with E-state index < -0.39 is 44.0 Å². The summed E-state index contributed by atoms with van der Waals surface area (Å²) in [5, 5.41) is 9.40. The summed E-state index contributed by atoms with van der Waals surface area (Å²) >= 11 is 0. The van der Waals surface area contributed by atoms with Crippen LogP contribution in [0.3, 0.4) is 0 Å². The van der Waals surface area contributed by atoms with Crippen molar-refractivity contribution >= 4 is 10.0 Å². The molecule has 2 N–H and O–H groups in total. The van der Waals surface area contributed by atoms with Crippen LogP contribution < -0.4 is 4.72 Å². The molecule has 8 heteroatoms. The van der Waals surface area contributed by atoms with E-state index in [9.17, 15) is 26.7 Å². The van der Waals surface area contributed by atoms with Gasteiger partial charge in [-0.05, 0) is 20.8 Å². The summed E-state index contributed by atoms with van der Waals surface area (Å²) in [5.41, 5.74) is -1.34. The molecule has 0 saturated carbocycles. The summed E-state index contributed by atoms with van der Waals surface area (Å²) in [6.45, 7) is 4.00. The molecule has 19 heavy (non-hydrogen) atoms. The molecular formula is C11H14F3NO3S. The molecule has 4 nitrogen and oxygen atoms in total. The van der Waals surface area contributed by atoms with Crippen molar-refractivity contribution in [3.8, 4) is 0 Å². The number of halogens is 3. The standard InChI is InChI=1S/C11H14F3NO3S/c1-6(16)11(2,3)15-19(17,18)10-8(13)4-7(12)5-9(10)14/h4-6,15-16H,1-3H3. The zero-order valence-electron chi connectivity index (χ0n) is 10.5. The van der Waals surface area contributed by atoms with Crippen molar-refractivity contribution < 1.29 is 26.7 Å². The Hall–Kier alpha value is -1.12. The largest absolute Gasteiger partial charge is 0.391 e. The highest BCUT2D eigenvalue weighted by Crippen LogP contribution is 2.22. The summed E-state index contributed by atoms with van der Waals surface area (Å²) in [6, 6.07) is 0.542. The molecule has 0 heterocycles. The monoisotopic (exact) mass is 297 g/mol. The number of aliphatic hydroxyl groups excluding tert-OH is 1. The van der Waals surface area contributed by atoms with E-state index in [2.05, 4.69) is 0 Å². The fourth-order valence-corrected chi connectivity index (χ4v) is 2.86. The fraction of sp³-hybridized carbons (Fsp3) is 0.455. The summed E-state index contributed by atoms with van der Waals surface area (Å²) in [5.74, 6) is -4.29. The van der Waals surface area contributed by atoms with Crippen LogP contribution in [-0.2, 0) is 10.0 Å². The van der Waals surface area contributed by atoms with Crippen molar-refractivity contribution in [1.29, 1.82) is 0 Å². The molecule has 0 bridgehead atoms. The molecule has 0 saturated heterocycles. The van der Waals surface area contributed by atoms with Gasteiger partial charge in [0.2, 0.25) is 10.0 Å². The van der Waals surface area contributed by atoms with Gasteiger partial charge in [0.25, 0.3) is 0 Å². The van der Waals surface area contributed by atoms with Crippen molar-refractivity contribution in [2.24, 2.45) is 0 Å². The van der Waals surface area contributed by atoms with Gasteiger partial charge in [-0.2, -0.15) is 0 Å². The Morgan fingerprint density at radius 2 is 1.63 bits per heavy atom. The van der Waals surface area contributed by atoms with Gasteiger partial charge in [0.05, 0.1) is 11.6 Å². The second kappa shape index (κ2) is 5.10. The Labute approximate surface area is 109 Å². The minimum Gasteiger partial charge on any atom is -0.391 e. The van der Waals surface area contributed by atoms with Crippen LogP contribution in [0.4, 0.5) is 13.2 Å². The van der Waals surface area contributed by atoms with Crippen LogP contribution in [0.5, 0.6) is 0 Å². The van der Waals surface area contributed by atoms with E-state index in [1.807, 2.05) is 4.72 Å². The predicted octanol–water partition coefficient (Wildman–Crippen LogP) is 1.54. The summed E-state index contributed by atoms with van der Waals surface area (Å²) in [7, 11) is -4.57. The Kier molecular flexibility index (Phi) is 4.28. The molecule has 0 aliphatic rings. The van der Waals surface area contributed by atoms with Crippen molar-refractivity contribution in [2.45, 2.75) is 37.3 Å². The maximum atomic E-state index is 13.4. The Morgan fingerprint density at radius 3 is 2.00 bits per heavy atom. The lowest BCUT2D eigenvalue weighted by Gasteiger charge is -2.29. The molecule has 108 valence electrons. The molecule has 0 spiro atoms. The van der Waals surface area contributed by atoms with Gasteiger partial charge >= 0.3 is 0 Å². The first kappa shape index (κ1) is 15.9. The van der Waals surface area contributed by atoms with Crippen LogP contribution in [0.15, 0.2) is 17.0 Å². The molecule has 1 rings (SSSR count). The number of hydrogen-bond donors (Lipinski definition) is 2. The number of rotatable bonds is 4. The lowest BCUT2D eigenvalue weighted by atomic mass is 10.0. The van der Waals surface area contributed by atoms with Gasteiger partial charge in [0.15, 0.2) is 4.90 Å². The van der Waals surface area contributed by atoms with E-state index in [-0.39, 0.29) is 12.1 Å². The molecule has 0 radical (unpaired) electrons. The van der Waals surface area contributed by atoms with Gasteiger partial charge in [-0.15, -0.1) is 0 Å². The van der Waals surface area contributed by atoms with Gasteiger partial charge in [0, 0.05) is 12.1 Å². The van der Waals surface area contributed by atoms with E-state index in [1.54, 1.807) is 0 Å². The maximum absolute atomic E-state index is 13.4. The second-order valence-corrected chi connectivity index (χ2v) is 6.32. The van der Waals surface area contributed by atoms with Crippen LogP contribution in [0, 0.1) is 17.5 Å². The lowest BCUT2D eigenvalue weighted by molar-refractivity contribution is 0.111. The van der Waals surface area contributed by atoms with E-state index in [0.717, 1.165) is 0 Å². The van der Waals surface area contributed by atoms with Crippen LogP contribution in [0.2, 0.25) is 0 Å². The summed E-state index contributed by atoms with van der Waals surface area (Å²) in [4.78, 5) is -1.28. The van der Waals surface area contributed by atoms with Gasteiger partial charge in [-0.3, -0.25) is 0 Å². The molecule has 0 aliphatic carbocycles. The number of benzene rings is 1. The number of aliphatic hydroxyl groups is 1. The quantitative estimate of drug-likeness (QED) is 0.886. The van der Waals surface area contributed by atoms with Gasteiger partial charge < -0.3 is 5.11 Å². The first-order valence-electron chi connectivity index (χ1n) is 5.34. The number of nitrogens with one attached hydrogen (secondary N) is 1. The molecule has 1 atom stereocenters. The topological polar surface area (TPSA) is 66.4 Å². The smallest absolute Gasteiger partial charge is 0.247 e. The first-order chi connectivity index (χ1) is 8.47. The fourth-order valence-electron chi connectivity index (χ4n) is 1.27. The number of hydrogen-bond acceptors (Lipinski definition) is 3. The van der Waals surface area contributed by atoms with Gasteiger partial charge in [0.1, 0.15) is 17.5 Å². The van der Waals surface area contributed by atoms with Crippen molar-refractivity contribution in [1.82, 2.24) is 4.72 Å². The predicted molar refractivity (Wildman–Crippen MR) is 62.4 cm³/mol. The van der Waals surface area contributed by atoms with E-state index >= 15 is 0 Å². The third-order valence-electron chi connectivity index (χ3n) is 2.67. The summed E-state index contributed by atoms with van der Waals surface area (Å²) in [6.07, 6.45) is -1.10. The van der Waals surface area contributed by atoms with Gasteiger partial charge in [-0.25, -0.2) is 26.3 Å². The third-order valence-corrected chi connectivity index (χ3v) is 4.40. The molecule has 1 aromatic carbocycles. The Morgan fingerprint density at radius 1 is 1.21 bits per heavy atom. The molecular weight excluding hydrogens is 283 g/mol. The Bertz CT molecular complexity index is 562. The average Bonchev–Trinajstić information content (AvgIpc) is 2.12. The van der Waals surface area contributed by atoms with Crippen molar-refractivity contribution in [3.63, 3.8) is 0 Å². The van der Waals surface area contributed by atoms with E-state index in [1.165, 1.54) is 20.8 Å². The second-order valence-electron chi connectivity index (χ2n) is 4.70. The molecule has 0 fully saturated rings. The molecule has 1 unspecified atom stereocenters. The van der Waals surface area contributed by atoms with Crippen LogP contribution in [-0.4, -0.2) is 25.2 Å². The zero-order chi connectivity index (χ0) is 15.0. The van der Waals surface area contributed by atoms with Crippen molar-refractivity contribution in [2.75, 3.05) is 0 Å². The van der Waals surface area contributed by atoms with E-state index in [0.29, 0.717) is 0 Å². The van der Waals surface area contributed by atoms with E-state index in [4.69, 9.17) is 0 Å². The highest BCUT2D eigenvalue weighted by atomic mass is 32.2. The minimum atomic E-state index is -4.57. The highest BCUT2D eigenvalue weighted by Gasteiger charge is 2.34. The molecule has 1 aromatic rings. The minimum absolute atomic E-state index is 0.271. The van der Waals surface area contributed by atoms with Crippen molar-refractivity contribution in [3.05, 3.63) is 29.6 Å². The SMILES string of the molecule is CC(O)C(C)(C)NS(=O)(=O)c1c(F)cc(F)cc1F. The van der Waals surface area contributed by atoms with Crippen LogP contribution >= 0.6 is 0 Å². The highest BCUT2D eigenvalue weighted by molar-refractivity contribution is 7.89. The number of sulfonamides is 1. The van der Waals surface area contributed by atoms with Gasteiger partial charge in [-0.1, -0.05) is 0 Å². The van der Waals surface area contributed by atoms with Crippen LogP contribution in [0.25, 0.3) is 0 Å². The molecule has 0 aliphatic heterocycles. The molecule has 0 aromatic heterocycles. The third kappa shape index (κ3) is 3.46. The Balaban J connectivity index is 3.30. The molecule has 0 amide bonds. The zero-order valence-corrected chi connectivity index (χ0v) is 11.4. The maximum Gasteiger partial charge on any atom is 0.247 e. The normalized spacial score (nSPS) is 14.5.